The molecule has 3 nitrogen and oxygen atoms in total. The first-order chi connectivity index (χ1) is 13.8. The molecule has 2 rings (SSSR count). The predicted molar refractivity (Wildman–Crippen MR) is 134 cm³/mol. The molecule has 30 heavy (non-hydrogen) atoms. The van der Waals surface area contributed by atoms with Crippen LogP contribution in [-0.4, -0.2) is 42.6 Å². The van der Waals surface area contributed by atoms with E-state index in [0.717, 1.165) is 67.1 Å². The summed E-state index contributed by atoms with van der Waals surface area (Å²) in [7, 11) is 0. The van der Waals surface area contributed by atoms with E-state index in [2.05, 4.69) is 62.4 Å². The van der Waals surface area contributed by atoms with Crippen LogP contribution >= 0.6 is 12.4 Å². The molecule has 0 N–H and O–H groups in total. The van der Waals surface area contributed by atoms with Gasteiger partial charge in [0.1, 0.15) is 0 Å². The van der Waals surface area contributed by atoms with E-state index in [-0.39, 0.29) is 12.4 Å². The Morgan fingerprint density at radius 3 is 1.77 bits per heavy atom. The maximum atomic E-state index is 4.42. The van der Waals surface area contributed by atoms with Crippen molar-refractivity contribution in [3.63, 3.8) is 0 Å². The summed E-state index contributed by atoms with van der Waals surface area (Å²) in [6.45, 7) is 19.7. The molecule has 2 aliphatic carbocycles. The van der Waals surface area contributed by atoms with Gasteiger partial charge in [0, 0.05) is 25.2 Å². The van der Waals surface area contributed by atoms with Gasteiger partial charge in [-0.1, -0.05) is 54.4 Å². The third-order valence-electron chi connectivity index (χ3n) is 7.81. The lowest BCUT2D eigenvalue weighted by molar-refractivity contribution is -0.0228. The first-order valence-electron chi connectivity index (χ1n) is 12.7. The van der Waals surface area contributed by atoms with E-state index in [1.54, 1.807) is 0 Å². The number of nitrogens with zero attached hydrogens (tertiary/aromatic N) is 3. The Labute approximate surface area is 194 Å². The fourth-order valence-electron chi connectivity index (χ4n) is 6.15. The van der Waals surface area contributed by atoms with Gasteiger partial charge < -0.3 is 0 Å². The molecule has 0 amide bonds. The van der Waals surface area contributed by atoms with Crippen molar-refractivity contribution in [1.29, 1.82) is 0 Å². The Balaban J connectivity index is 0.00000450. The molecule has 2 fully saturated rings. The topological polar surface area (TPSA) is 28.0 Å². The minimum atomic E-state index is 0. The fourth-order valence-corrected chi connectivity index (χ4v) is 6.15. The summed E-state index contributed by atoms with van der Waals surface area (Å²) in [5.74, 6) is 4.99. The molecule has 0 heterocycles. The van der Waals surface area contributed by atoms with E-state index in [4.69, 9.17) is 0 Å². The van der Waals surface area contributed by atoms with Crippen LogP contribution < -0.4 is 0 Å². The number of hydrogen-bond acceptors (Lipinski definition) is 3. The molecule has 0 radical (unpaired) electrons. The smallest absolute Gasteiger partial charge is 0.0892 e. The number of hydrogen-bond donors (Lipinski definition) is 0. The van der Waals surface area contributed by atoms with Crippen LogP contribution in [0.2, 0.25) is 0 Å². The van der Waals surface area contributed by atoms with Gasteiger partial charge >= 0.3 is 0 Å². The molecule has 2 aliphatic rings. The Morgan fingerprint density at radius 1 is 0.833 bits per heavy atom. The fraction of sp³-hybridized carbons (Fsp3) is 0.962. The normalized spacial score (nSPS) is 32.1. The number of rotatable bonds is 9. The highest BCUT2D eigenvalue weighted by Gasteiger charge is 2.41. The third kappa shape index (κ3) is 7.95. The summed E-state index contributed by atoms with van der Waals surface area (Å²) in [4.78, 5) is 11.6. The molecule has 0 aromatic carbocycles. The van der Waals surface area contributed by atoms with Gasteiger partial charge in [-0.15, -0.1) is 12.4 Å². The van der Waals surface area contributed by atoms with E-state index in [9.17, 15) is 0 Å². The summed E-state index contributed by atoms with van der Waals surface area (Å²) in [6.07, 6.45) is 9.57. The third-order valence-corrected chi connectivity index (χ3v) is 7.81. The molecule has 4 heteroatoms. The zero-order valence-electron chi connectivity index (χ0n) is 20.9. The van der Waals surface area contributed by atoms with Crippen LogP contribution in [0, 0.1) is 35.5 Å². The molecule has 0 aromatic heterocycles. The maximum absolute atomic E-state index is 4.42. The standard InChI is InChI=1S/C26H49N3.ClH/c1-8-27-18-28-14-9-15-29(25-16-21(6)10-12-23(25)19(2)3)26-17-22(7)11-13-24(26)20(4)5;/h19-26H,8-17H2,1-7H3;1H. The molecule has 2 saturated carbocycles. The Kier molecular flexibility index (Phi) is 12.8. The van der Waals surface area contributed by atoms with Gasteiger partial charge in [0.05, 0.1) is 12.6 Å². The van der Waals surface area contributed by atoms with Gasteiger partial charge in [-0.05, 0) is 74.5 Å². The molecule has 6 atom stereocenters. The van der Waals surface area contributed by atoms with Crippen molar-refractivity contribution in [3.8, 4) is 0 Å². The predicted octanol–water partition coefficient (Wildman–Crippen LogP) is 7.22. The zero-order valence-corrected chi connectivity index (χ0v) is 21.8. The second-order valence-corrected chi connectivity index (χ2v) is 10.8. The van der Waals surface area contributed by atoms with Gasteiger partial charge in [-0.2, -0.15) is 0 Å². The van der Waals surface area contributed by atoms with Gasteiger partial charge in [-0.3, -0.25) is 4.90 Å². The Morgan fingerprint density at radius 2 is 1.33 bits per heavy atom. The molecular weight excluding hydrogens is 390 g/mol. The molecule has 0 bridgehead atoms. The molecular formula is C26H50ClN3. The molecule has 0 saturated heterocycles. The Hall–Kier alpha value is -0.370. The average molecular weight is 440 g/mol. The first kappa shape index (κ1) is 27.7. The number of halogens is 1. The number of aliphatic imine (C=N–C) groups is 2. The van der Waals surface area contributed by atoms with Gasteiger partial charge in [-0.25, -0.2) is 9.98 Å². The van der Waals surface area contributed by atoms with Gasteiger partial charge in [0.2, 0.25) is 0 Å². The highest BCUT2D eigenvalue weighted by Crippen LogP contribution is 2.42. The second-order valence-electron chi connectivity index (χ2n) is 10.8. The monoisotopic (exact) mass is 439 g/mol. The van der Waals surface area contributed by atoms with Crippen LogP contribution in [0.4, 0.5) is 0 Å². The summed E-state index contributed by atoms with van der Waals surface area (Å²) >= 11 is 0. The van der Waals surface area contributed by atoms with Crippen molar-refractivity contribution in [3.05, 3.63) is 0 Å². The molecule has 0 aliphatic heterocycles. The quantitative estimate of drug-likeness (QED) is 0.275. The van der Waals surface area contributed by atoms with Crippen LogP contribution in [0.1, 0.15) is 93.4 Å². The van der Waals surface area contributed by atoms with Crippen LogP contribution in [-0.2, 0) is 0 Å². The zero-order chi connectivity index (χ0) is 21.4. The van der Waals surface area contributed by atoms with Crippen molar-refractivity contribution in [1.82, 2.24) is 4.90 Å². The highest BCUT2D eigenvalue weighted by molar-refractivity contribution is 5.85. The minimum absolute atomic E-state index is 0. The molecule has 176 valence electrons. The van der Waals surface area contributed by atoms with E-state index in [0.29, 0.717) is 0 Å². The van der Waals surface area contributed by atoms with Crippen molar-refractivity contribution in [2.45, 2.75) is 105 Å². The first-order valence-corrected chi connectivity index (χ1v) is 12.7. The lowest BCUT2D eigenvalue weighted by atomic mass is 9.69. The van der Waals surface area contributed by atoms with E-state index >= 15 is 0 Å². The van der Waals surface area contributed by atoms with Crippen molar-refractivity contribution in [2.75, 3.05) is 19.6 Å². The van der Waals surface area contributed by atoms with Crippen molar-refractivity contribution < 1.29 is 0 Å². The minimum Gasteiger partial charge on any atom is -0.297 e. The van der Waals surface area contributed by atoms with E-state index < -0.39 is 0 Å². The van der Waals surface area contributed by atoms with Crippen molar-refractivity contribution in [2.24, 2.45) is 45.5 Å². The van der Waals surface area contributed by atoms with E-state index in [1.165, 1.54) is 45.1 Å². The van der Waals surface area contributed by atoms with Crippen molar-refractivity contribution >= 4 is 18.4 Å². The molecule has 0 spiro atoms. The van der Waals surface area contributed by atoms with Crippen LogP contribution in [0.15, 0.2) is 9.98 Å². The maximum Gasteiger partial charge on any atom is 0.0892 e. The average Bonchev–Trinajstić information content (AvgIpc) is 2.66. The summed E-state index contributed by atoms with van der Waals surface area (Å²) in [5, 5.41) is 0. The Bertz CT molecular complexity index is 494. The highest BCUT2D eigenvalue weighted by atomic mass is 35.5. The largest absolute Gasteiger partial charge is 0.297 e. The second kappa shape index (κ2) is 13.9. The van der Waals surface area contributed by atoms with E-state index in [1.807, 2.05) is 6.92 Å². The van der Waals surface area contributed by atoms with Gasteiger partial charge in [0.15, 0.2) is 0 Å². The molecule has 0 aromatic rings. The lowest BCUT2D eigenvalue weighted by Gasteiger charge is -2.52. The summed E-state index contributed by atoms with van der Waals surface area (Å²) in [6, 6.07) is 4.37. The van der Waals surface area contributed by atoms with Crippen LogP contribution in [0.25, 0.3) is 0 Å². The summed E-state index contributed by atoms with van der Waals surface area (Å²) < 4.78 is 0. The van der Waals surface area contributed by atoms with Crippen LogP contribution in [0.5, 0.6) is 0 Å². The van der Waals surface area contributed by atoms with Crippen LogP contribution in [0.3, 0.4) is 0 Å². The summed E-state index contributed by atoms with van der Waals surface area (Å²) in [5.41, 5.74) is 0. The molecule has 6 unspecified atom stereocenters. The lowest BCUT2D eigenvalue weighted by Crippen LogP contribution is -2.55. The SMILES string of the molecule is CCN=C=NCCCN(C1CC(C)CCC1C(C)C)C1CC(C)CCC1C(C)C.Cl. The van der Waals surface area contributed by atoms with Gasteiger partial charge in [0.25, 0.3) is 0 Å².